The van der Waals surface area contributed by atoms with Crippen LogP contribution in [0.1, 0.15) is 24.8 Å². The fourth-order valence-electron chi connectivity index (χ4n) is 2.61. The van der Waals surface area contributed by atoms with E-state index in [9.17, 15) is 9.59 Å². The average Bonchev–Trinajstić information content (AvgIpc) is 3.28. The summed E-state index contributed by atoms with van der Waals surface area (Å²) in [6.07, 6.45) is 3.65. The van der Waals surface area contributed by atoms with Crippen LogP contribution < -0.4 is 0 Å². The average molecular weight is 319 g/mol. The van der Waals surface area contributed by atoms with Crippen LogP contribution in [0.15, 0.2) is 30.3 Å². The van der Waals surface area contributed by atoms with Crippen LogP contribution in [0.3, 0.4) is 0 Å². The zero-order valence-corrected chi connectivity index (χ0v) is 13.4. The predicted molar refractivity (Wildman–Crippen MR) is 86.4 cm³/mol. The van der Waals surface area contributed by atoms with Gasteiger partial charge in [0.15, 0.2) is 0 Å². The lowest BCUT2D eigenvalue weighted by Crippen LogP contribution is -2.43. The molecule has 1 aromatic carbocycles. The van der Waals surface area contributed by atoms with Crippen molar-refractivity contribution >= 4 is 23.6 Å². The number of carbonyl (C=O) groups is 2. The molecule has 22 heavy (non-hydrogen) atoms. The van der Waals surface area contributed by atoms with Crippen molar-refractivity contribution in [1.29, 1.82) is 0 Å². The van der Waals surface area contributed by atoms with Gasteiger partial charge in [-0.25, -0.2) is 4.79 Å². The lowest BCUT2D eigenvalue weighted by molar-refractivity contribution is -0.153. The second-order valence-electron chi connectivity index (χ2n) is 5.85. The van der Waals surface area contributed by atoms with Gasteiger partial charge in [0.05, 0.1) is 12.5 Å². The van der Waals surface area contributed by atoms with Crippen LogP contribution in [0, 0.1) is 5.92 Å². The number of ether oxygens (including phenoxy) is 1. The first kappa shape index (κ1) is 15.4. The van der Waals surface area contributed by atoms with Gasteiger partial charge in [0, 0.05) is 11.7 Å². The van der Waals surface area contributed by atoms with Crippen LogP contribution in [-0.2, 0) is 20.7 Å². The van der Waals surface area contributed by atoms with E-state index in [1.807, 2.05) is 18.2 Å². The Morgan fingerprint density at radius 1 is 1.23 bits per heavy atom. The normalized spacial score (nSPS) is 20.9. The quantitative estimate of drug-likeness (QED) is 0.597. The number of hydrogen-bond donors (Lipinski definition) is 0. The maximum atomic E-state index is 12.2. The molecule has 1 saturated heterocycles. The minimum absolute atomic E-state index is 0.135. The van der Waals surface area contributed by atoms with Gasteiger partial charge in [0.1, 0.15) is 6.04 Å². The van der Waals surface area contributed by atoms with E-state index in [1.165, 1.54) is 5.56 Å². The van der Waals surface area contributed by atoms with Gasteiger partial charge in [-0.15, -0.1) is 11.8 Å². The lowest BCUT2D eigenvalue weighted by atomic mass is 10.1. The summed E-state index contributed by atoms with van der Waals surface area (Å²) in [5.41, 5.74) is 1.25. The van der Waals surface area contributed by atoms with E-state index in [1.54, 1.807) is 16.7 Å². The second kappa shape index (κ2) is 7.18. The minimum atomic E-state index is -0.380. The number of rotatable bonds is 6. The first-order valence-corrected chi connectivity index (χ1v) is 9.00. The third-order valence-corrected chi connectivity index (χ3v) is 5.07. The van der Waals surface area contributed by atoms with E-state index in [0.29, 0.717) is 18.2 Å². The van der Waals surface area contributed by atoms with Gasteiger partial charge >= 0.3 is 5.97 Å². The molecule has 1 saturated carbocycles. The summed E-state index contributed by atoms with van der Waals surface area (Å²) in [6, 6.07) is 9.79. The maximum Gasteiger partial charge on any atom is 0.329 e. The summed E-state index contributed by atoms with van der Waals surface area (Å²) in [5, 5.41) is 0. The smallest absolute Gasteiger partial charge is 0.329 e. The van der Waals surface area contributed by atoms with Crippen molar-refractivity contribution in [3.05, 3.63) is 35.9 Å². The van der Waals surface area contributed by atoms with Gasteiger partial charge in [-0.05, 0) is 31.2 Å². The first-order chi connectivity index (χ1) is 10.8. The fraction of sp³-hybridized carbons (Fsp3) is 0.529. The topological polar surface area (TPSA) is 46.6 Å². The van der Waals surface area contributed by atoms with Crippen molar-refractivity contribution in [1.82, 2.24) is 4.90 Å². The van der Waals surface area contributed by atoms with Crippen molar-refractivity contribution < 1.29 is 14.3 Å². The molecule has 0 spiro atoms. The highest BCUT2D eigenvalue weighted by Gasteiger charge is 2.41. The molecule has 3 rings (SSSR count). The summed E-state index contributed by atoms with van der Waals surface area (Å²) in [7, 11) is 0. The molecule has 1 aliphatic carbocycles. The number of amides is 1. The van der Waals surface area contributed by atoms with Crippen LogP contribution in [-0.4, -0.2) is 41.1 Å². The van der Waals surface area contributed by atoms with Crippen molar-refractivity contribution in [3.8, 4) is 0 Å². The Morgan fingerprint density at radius 3 is 2.73 bits per heavy atom. The Labute approximate surface area is 135 Å². The lowest BCUT2D eigenvalue weighted by Gasteiger charge is -2.22. The van der Waals surface area contributed by atoms with Gasteiger partial charge in [-0.1, -0.05) is 30.3 Å². The van der Waals surface area contributed by atoms with E-state index >= 15 is 0 Å². The van der Waals surface area contributed by atoms with E-state index in [4.69, 9.17) is 4.74 Å². The molecular weight excluding hydrogens is 298 g/mol. The van der Waals surface area contributed by atoms with Crippen molar-refractivity contribution in [2.45, 2.75) is 31.7 Å². The highest BCUT2D eigenvalue weighted by molar-refractivity contribution is 7.99. The van der Waals surface area contributed by atoms with Gasteiger partial charge in [0.2, 0.25) is 5.91 Å². The number of aryl methyl sites for hydroxylation is 1. The summed E-state index contributed by atoms with van der Waals surface area (Å²) in [4.78, 5) is 26.0. The maximum absolute atomic E-state index is 12.2. The molecule has 118 valence electrons. The van der Waals surface area contributed by atoms with E-state index in [-0.39, 0.29) is 23.8 Å². The number of thioether (sulfide) groups is 1. The van der Waals surface area contributed by atoms with Crippen molar-refractivity contribution in [3.63, 3.8) is 0 Å². The molecule has 0 aromatic heterocycles. The second-order valence-corrected chi connectivity index (χ2v) is 6.85. The molecule has 2 aliphatic rings. The van der Waals surface area contributed by atoms with Crippen LogP contribution >= 0.6 is 11.8 Å². The predicted octanol–water partition coefficient (Wildman–Crippen LogP) is 2.47. The number of benzene rings is 1. The molecule has 1 unspecified atom stereocenters. The van der Waals surface area contributed by atoms with E-state index in [2.05, 4.69) is 12.1 Å². The zero-order chi connectivity index (χ0) is 15.4. The molecule has 2 fully saturated rings. The largest absolute Gasteiger partial charge is 0.464 e. The third kappa shape index (κ3) is 3.83. The highest BCUT2D eigenvalue weighted by Crippen LogP contribution is 2.34. The summed E-state index contributed by atoms with van der Waals surface area (Å²) in [5.74, 6) is 1.34. The van der Waals surface area contributed by atoms with Gasteiger partial charge < -0.3 is 9.64 Å². The van der Waals surface area contributed by atoms with Crippen LogP contribution in [0.5, 0.6) is 0 Å². The summed E-state index contributed by atoms with van der Waals surface area (Å²) in [6.45, 7) is 0.417. The van der Waals surface area contributed by atoms with Gasteiger partial charge in [0.25, 0.3) is 0 Å². The molecule has 1 aliphatic heterocycles. The van der Waals surface area contributed by atoms with E-state index in [0.717, 1.165) is 25.7 Å². The molecule has 5 heteroatoms. The highest BCUT2D eigenvalue weighted by atomic mass is 32.2. The third-order valence-electron chi connectivity index (χ3n) is 4.06. The number of nitrogens with zero attached hydrogens (tertiary/aromatic N) is 1. The molecule has 1 aromatic rings. The Kier molecular flexibility index (Phi) is 5.03. The number of hydrogen-bond acceptors (Lipinski definition) is 4. The van der Waals surface area contributed by atoms with Crippen molar-refractivity contribution in [2.24, 2.45) is 5.92 Å². The Bertz CT molecular complexity index is 530. The molecule has 1 atom stereocenters. The number of esters is 1. The minimum Gasteiger partial charge on any atom is -0.464 e. The molecule has 4 nitrogen and oxygen atoms in total. The molecule has 0 N–H and O–H groups in total. The number of carbonyl (C=O) groups excluding carboxylic acids is 2. The standard InChI is InChI=1S/C17H21NO3S/c19-16(14-8-9-14)18-12-22-11-15(18)17(20)21-10-4-7-13-5-2-1-3-6-13/h1-3,5-6,14-15H,4,7-12H2. The fourth-order valence-corrected chi connectivity index (χ4v) is 3.76. The van der Waals surface area contributed by atoms with Gasteiger partial charge in [-0.3, -0.25) is 4.79 Å². The van der Waals surface area contributed by atoms with Crippen LogP contribution in [0.2, 0.25) is 0 Å². The molecule has 1 heterocycles. The summed E-state index contributed by atoms with van der Waals surface area (Å²) < 4.78 is 5.38. The summed E-state index contributed by atoms with van der Waals surface area (Å²) >= 11 is 1.63. The molecule has 0 radical (unpaired) electrons. The first-order valence-electron chi connectivity index (χ1n) is 7.84. The Balaban J connectivity index is 1.42. The SMILES string of the molecule is O=C(OCCCc1ccccc1)C1CSCN1C(=O)C1CC1. The van der Waals surface area contributed by atoms with Crippen molar-refractivity contribution in [2.75, 3.05) is 18.2 Å². The molecular formula is C17H21NO3S. The van der Waals surface area contributed by atoms with Gasteiger partial charge in [-0.2, -0.15) is 0 Å². The monoisotopic (exact) mass is 319 g/mol. The Hall–Kier alpha value is -1.49. The Morgan fingerprint density at radius 2 is 2.00 bits per heavy atom. The van der Waals surface area contributed by atoms with E-state index < -0.39 is 0 Å². The zero-order valence-electron chi connectivity index (χ0n) is 12.6. The molecule has 1 amide bonds. The molecule has 0 bridgehead atoms. The van der Waals surface area contributed by atoms with Crippen LogP contribution in [0.25, 0.3) is 0 Å². The van der Waals surface area contributed by atoms with Crippen LogP contribution in [0.4, 0.5) is 0 Å².